The number of rotatable bonds is 2. The summed E-state index contributed by atoms with van der Waals surface area (Å²) in [5, 5.41) is 10.7. The summed E-state index contributed by atoms with van der Waals surface area (Å²) in [6.45, 7) is 8.95. The van der Waals surface area contributed by atoms with Gasteiger partial charge in [0, 0.05) is 13.0 Å². The number of aromatic nitrogens is 2. The zero-order chi connectivity index (χ0) is 20.4. The molecule has 2 aliphatic heterocycles. The van der Waals surface area contributed by atoms with Gasteiger partial charge in [0.2, 0.25) is 11.8 Å². The average molecular weight is 392 g/mol. The summed E-state index contributed by atoms with van der Waals surface area (Å²) in [6.07, 6.45) is -4.00. The molecule has 2 bridgehead atoms. The molecule has 0 spiro atoms. The molecule has 1 aromatic heterocycles. The van der Waals surface area contributed by atoms with Crippen LogP contribution in [-0.4, -0.2) is 31.6 Å². The molecule has 2 atom stereocenters. The third kappa shape index (κ3) is 2.35. The van der Waals surface area contributed by atoms with Gasteiger partial charge in [-0.05, 0) is 18.6 Å². The minimum absolute atomic E-state index is 0.112. The molecule has 2 unspecified atom stereocenters. The molecule has 1 aromatic carbocycles. The second-order valence-electron chi connectivity index (χ2n) is 6.81. The number of hydrogen-bond donors (Lipinski definition) is 1. The Morgan fingerprint density at radius 3 is 2.71 bits per heavy atom. The summed E-state index contributed by atoms with van der Waals surface area (Å²) >= 11 is 0. The van der Waals surface area contributed by atoms with Gasteiger partial charge in [-0.2, -0.15) is 13.2 Å². The zero-order valence-electron chi connectivity index (χ0n) is 14.7. The topological polar surface area (TPSA) is 71.8 Å². The van der Waals surface area contributed by atoms with Crippen molar-refractivity contribution in [2.45, 2.75) is 38.0 Å². The Morgan fingerprint density at radius 2 is 2.11 bits per heavy atom. The summed E-state index contributed by atoms with van der Waals surface area (Å²) in [5.74, 6) is -0.589. The van der Waals surface area contributed by atoms with Gasteiger partial charge in [-0.15, -0.1) is 0 Å². The van der Waals surface area contributed by atoms with Gasteiger partial charge in [-0.1, -0.05) is 13.0 Å². The maximum atomic E-state index is 13.3. The molecule has 1 N–H and O–H groups in total. The molecular formula is C18H15F3N4O3. The van der Waals surface area contributed by atoms with Crippen molar-refractivity contribution in [3.8, 4) is 11.6 Å². The maximum Gasteiger partial charge on any atom is 0.407 e. The average Bonchev–Trinajstić information content (AvgIpc) is 3.31. The van der Waals surface area contributed by atoms with Gasteiger partial charge in [-0.25, -0.2) is 14.2 Å². The number of fused-ring (bicyclic) bond motifs is 5. The molecule has 28 heavy (non-hydrogen) atoms. The molecule has 2 aliphatic rings. The molecule has 4 rings (SSSR count). The van der Waals surface area contributed by atoms with E-state index in [1.54, 1.807) is 11.8 Å². The van der Waals surface area contributed by atoms with E-state index < -0.39 is 35.0 Å². The van der Waals surface area contributed by atoms with E-state index in [-0.39, 0.29) is 29.8 Å². The number of amides is 1. The SMILES string of the molecule is [C-]#[N+]c1ccc(-n2c(O)c3n(c2=O)C2CC3N(C(=O)CC)C2)cc1C(F)(F)F. The second-order valence-corrected chi connectivity index (χ2v) is 6.81. The largest absolute Gasteiger partial charge is 0.493 e. The van der Waals surface area contributed by atoms with Crippen LogP contribution in [0, 0.1) is 6.57 Å². The minimum Gasteiger partial charge on any atom is -0.493 e. The van der Waals surface area contributed by atoms with Crippen LogP contribution in [0.5, 0.6) is 5.88 Å². The number of alkyl halides is 3. The number of aromatic hydroxyl groups is 1. The van der Waals surface area contributed by atoms with Crippen LogP contribution in [0.25, 0.3) is 10.5 Å². The van der Waals surface area contributed by atoms with Gasteiger partial charge in [0.25, 0.3) is 0 Å². The van der Waals surface area contributed by atoms with Gasteiger partial charge < -0.3 is 10.0 Å². The Kier molecular flexibility index (Phi) is 3.82. The predicted octanol–water partition coefficient (Wildman–Crippen LogP) is 3.15. The zero-order valence-corrected chi connectivity index (χ0v) is 14.7. The number of hydrogen-bond acceptors (Lipinski definition) is 3. The maximum absolute atomic E-state index is 13.3. The normalized spacial score (nSPS) is 20.3. The van der Waals surface area contributed by atoms with Gasteiger partial charge in [-0.3, -0.25) is 9.36 Å². The van der Waals surface area contributed by atoms with E-state index in [0.717, 1.165) is 10.6 Å². The van der Waals surface area contributed by atoms with Crippen molar-refractivity contribution in [3.05, 3.63) is 51.4 Å². The third-order valence-electron chi connectivity index (χ3n) is 5.34. The molecular weight excluding hydrogens is 377 g/mol. The fraction of sp³-hybridized carbons (Fsp3) is 0.389. The van der Waals surface area contributed by atoms with Gasteiger partial charge in [0.1, 0.15) is 5.69 Å². The summed E-state index contributed by atoms with van der Waals surface area (Å²) in [6, 6.07) is 2.05. The standard InChI is InChI=1S/C18H15F3N4O3/c1-3-14(26)23-8-10-7-13(23)15-16(27)25(17(28)24(10)15)9-4-5-12(22-2)11(6-9)18(19,20)21/h4-6,10,13,27H,3,7-8H2,1H3. The van der Waals surface area contributed by atoms with Crippen molar-refractivity contribution < 1.29 is 23.1 Å². The number of nitrogens with zero attached hydrogens (tertiary/aromatic N) is 4. The van der Waals surface area contributed by atoms with E-state index in [1.807, 2.05) is 0 Å². The van der Waals surface area contributed by atoms with Crippen LogP contribution in [0.15, 0.2) is 23.0 Å². The highest BCUT2D eigenvalue weighted by molar-refractivity contribution is 5.77. The van der Waals surface area contributed by atoms with Crippen LogP contribution in [-0.2, 0) is 11.0 Å². The van der Waals surface area contributed by atoms with Crippen LogP contribution >= 0.6 is 0 Å². The van der Waals surface area contributed by atoms with Crippen LogP contribution in [0.3, 0.4) is 0 Å². The first-order valence-electron chi connectivity index (χ1n) is 8.63. The van der Waals surface area contributed by atoms with Crippen molar-refractivity contribution in [2.24, 2.45) is 0 Å². The number of carbonyl (C=O) groups excluding carboxylic acids is 1. The molecule has 0 saturated carbocycles. The monoisotopic (exact) mass is 392 g/mol. The van der Waals surface area contributed by atoms with E-state index in [9.17, 15) is 27.9 Å². The fourth-order valence-electron chi connectivity index (χ4n) is 4.15. The highest BCUT2D eigenvalue weighted by Crippen LogP contribution is 2.49. The first-order valence-corrected chi connectivity index (χ1v) is 8.63. The molecule has 0 radical (unpaired) electrons. The first-order chi connectivity index (χ1) is 13.2. The summed E-state index contributed by atoms with van der Waals surface area (Å²) in [7, 11) is 0. The van der Waals surface area contributed by atoms with Crippen molar-refractivity contribution in [3.63, 3.8) is 0 Å². The Hall–Kier alpha value is -3.22. The number of carbonyl (C=O) groups is 1. The van der Waals surface area contributed by atoms with Gasteiger partial charge in [0.15, 0.2) is 5.69 Å². The molecule has 2 aromatic rings. The lowest BCUT2D eigenvalue weighted by Crippen LogP contribution is -2.37. The number of benzene rings is 1. The first kappa shape index (κ1) is 18.2. The van der Waals surface area contributed by atoms with Crippen LogP contribution in [0.2, 0.25) is 0 Å². The second kappa shape index (κ2) is 5.89. The van der Waals surface area contributed by atoms with E-state index >= 15 is 0 Å². The van der Waals surface area contributed by atoms with Crippen LogP contribution < -0.4 is 5.69 Å². The summed E-state index contributed by atoms with van der Waals surface area (Å²) in [5.41, 5.74) is -2.37. The van der Waals surface area contributed by atoms with E-state index in [1.165, 1.54) is 10.6 Å². The lowest BCUT2D eigenvalue weighted by Gasteiger charge is -2.27. The third-order valence-corrected chi connectivity index (χ3v) is 5.34. The molecule has 7 nitrogen and oxygen atoms in total. The van der Waals surface area contributed by atoms with Crippen LogP contribution in [0.1, 0.15) is 43.1 Å². The lowest BCUT2D eigenvalue weighted by atomic mass is 10.1. The highest BCUT2D eigenvalue weighted by atomic mass is 19.4. The Morgan fingerprint density at radius 1 is 1.39 bits per heavy atom. The quantitative estimate of drug-likeness (QED) is 0.799. The Balaban J connectivity index is 1.87. The van der Waals surface area contributed by atoms with Crippen molar-refractivity contribution in [1.29, 1.82) is 0 Å². The highest BCUT2D eigenvalue weighted by Gasteiger charge is 2.48. The van der Waals surface area contributed by atoms with Crippen LogP contribution in [0.4, 0.5) is 18.9 Å². The molecule has 1 fully saturated rings. The van der Waals surface area contributed by atoms with Gasteiger partial charge in [0.05, 0.1) is 29.9 Å². The van der Waals surface area contributed by atoms with Crippen molar-refractivity contribution in [2.75, 3.05) is 6.54 Å². The van der Waals surface area contributed by atoms with Gasteiger partial charge >= 0.3 is 11.9 Å². The molecule has 1 saturated heterocycles. The summed E-state index contributed by atoms with van der Waals surface area (Å²) < 4.78 is 42.0. The van der Waals surface area contributed by atoms with E-state index in [2.05, 4.69) is 4.85 Å². The number of likely N-dealkylation sites (tertiary alicyclic amines) is 1. The lowest BCUT2D eigenvalue weighted by molar-refractivity contribution is -0.137. The fourth-order valence-corrected chi connectivity index (χ4v) is 4.15. The predicted molar refractivity (Wildman–Crippen MR) is 91.4 cm³/mol. The number of halogens is 3. The number of imidazole rings is 1. The minimum atomic E-state index is -4.78. The van der Waals surface area contributed by atoms with Crippen molar-refractivity contribution >= 4 is 11.6 Å². The molecule has 1 amide bonds. The van der Waals surface area contributed by atoms with E-state index in [0.29, 0.717) is 19.0 Å². The Labute approximate surface area is 157 Å². The Bertz CT molecular complexity index is 1090. The molecule has 146 valence electrons. The summed E-state index contributed by atoms with van der Waals surface area (Å²) in [4.78, 5) is 29.4. The molecule has 10 heteroatoms. The van der Waals surface area contributed by atoms with Crippen molar-refractivity contribution in [1.82, 2.24) is 14.0 Å². The van der Waals surface area contributed by atoms with E-state index in [4.69, 9.17) is 6.57 Å². The smallest absolute Gasteiger partial charge is 0.407 e. The molecule has 3 heterocycles. The molecule has 0 aliphatic carbocycles.